The van der Waals surface area contributed by atoms with E-state index in [9.17, 15) is 0 Å². The predicted octanol–water partition coefficient (Wildman–Crippen LogP) is 0.640. The average Bonchev–Trinajstić information content (AvgIpc) is 2.41. The van der Waals surface area contributed by atoms with E-state index in [1.807, 2.05) is 0 Å². The van der Waals surface area contributed by atoms with Crippen LogP contribution in [-0.4, -0.2) is 22.7 Å². The van der Waals surface area contributed by atoms with Crippen LogP contribution < -0.4 is 0 Å². The number of allylic oxidation sites excluding steroid dienone is 1. The first-order chi connectivity index (χ1) is 4.79. The molecular formula is C6H5NO3. The molecule has 0 bridgehead atoms. The van der Waals surface area contributed by atoms with Gasteiger partial charge in [-0.2, -0.15) is 0 Å². The second-order valence-electron chi connectivity index (χ2n) is 2.02. The molecule has 0 saturated heterocycles. The minimum absolute atomic E-state index is 0.173. The maximum Gasteiger partial charge on any atom is 0.187 e. The summed E-state index contributed by atoms with van der Waals surface area (Å²) in [6.07, 6.45) is 1.35. The van der Waals surface area contributed by atoms with Gasteiger partial charge < -0.3 is 14.9 Å². The fourth-order valence-corrected chi connectivity index (χ4v) is 0.928. The lowest BCUT2D eigenvalue weighted by molar-refractivity contribution is 0.260. The number of rotatable bonds is 0. The topological polar surface area (TPSA) is 62.0 Å². The number of hydrogen-bond acceptors (Lipinski definition) is 4. The van der Waals surface area contributed by atoms with E-state index in [4.69, 9.17) is 14.9 Å². The van der Waals surface area contributed by atoms with Gasteiger partial charge in [0.1, 0.15) is 5.71 Å². The molecule has 0 aromatic heterocycles. The quantitative estimate of drug-likeness (QED) is 0.517. The first-order valence-corrected chi connectivity index (χ1v) is 2.81. The van der Waals surface area contributed by atoms with Crippen LogP contribution in [0.3, 0.4) is 0 Å². The zero-order chi connectivity index (χ0) is 7.14. The highest BCUT2D eigenvalue weighted by Gasteiger charge is 2.27. The fourth-order valence-electron chi connectivity index (χ4n) is 0.928. The molecule has 52 valence electrons. The number of aliphatic hydroxyl groups excluding tert-OH is 2. The third-order valence-electron chi connectivity index (χ3n) is 1.41. The van der Waals surface area contributed by atoms with Crippen molar-refractivity contribution in [3.05, 3.63) is 23.4 Å². The molecule has 0 fully saturated rings. The Balaban J connectivity index is 2.51. The molecule has 0 radical (unpaired) electrons. The lowest BCUT2D eigenvalue weighted by Crippen LogP contribution is -1.97. The molecule has 2 N–H and O–H groups in total. The second-order valence-corrected chi connectivity index (χ2v) is 2.02. The van der Waals surface area contributed by atoms with Gasteiger partial charge in [-0.1, -0.05) is 0 Å². The van der Waals surface area contributed by atoms with Crippen LogP contribution >= 0.6 is 0 Å². The normalized spacial score (nSPS) is 22.0. The first-order valence-electron chi connectivity index (χ1n) is 2.81. The van der Waals surface area contributed by atoms with Crippen molar-refractivity contribution >= 4 is 5.71 Å². The van der Waals surface area contributed by atoms with E-state index in [1.165, 1.54) is 6.08 Å². The van der Waals surface area contributed by atoms with Crippen molar-refractivity contribution in [1.82, 2.24) is 0 Å². The van der Waals surface area contributed by atoms with E-state index in [1.54, 1.807) is 0 Å². The molecule has 0 aromatic carbocycles. The van der Waals surface area contributed by atoms with Crippen molar-refractivity contribution < 1.29 is 14.9 Å². The predicted molar refractivity (Wildman–Crippen MR) is 33.8 cm³/mol. The van der Waals surface area contributed by atoms with Crippen LogP contribution in [0.5, 0.6) is 0 Å². The van der Waals surface area contributed by atoms with Gasteiger partial charge in [-0.05, 0) is 0 Å². The molecule has 0 aromatic rings. The van der Waals surface area contributed by atoms with Gasteiger partial charge in [0, 0.05) is 6.08 Å². The maximum atomic E-state index is 9.03. The van der Waals surface area contributed by atoms with Crippen LogP contribution in [0.1, 0.15) is 0 Å². The molecular weight excluding hydrogens is 134 g/mol. The molecule has 4 nitrogen and oxygen atoms in total. The lowest BCUT2D eigenvalue weighted by Gasteiger charge is -1.91. The Hall–Kier alpha value is -1.45. The standard InChI is InChI=1S/C6H5NO3/c8-3-1-4-5(6(3)9)7-2-10-4/h1,8-9H,2H2. The van der Waals surface area contributed by atoms with Crippen LogP contribution in [0, 0.1) is 0 Å². The van der Waals surface area contributed by atoms with Crippen molar-refractivity contribution in [2.24, 2.45) is 4.99 Å². The van der Waals surface area contributed by atoms with Gasteiger partial charge in [0.2, 0.25) is 0 Å². The van der Waals surface area contributed by atoms with E-state index in [-0.39, 0.29) is 18.2 Å². The molecule has 0 saturated carbocycles. The SMILES string of the molecule is OC1=C(O)C2=NCOC2=C1. The smallest absolute Gasteiger partial charge is 0.187 e. The number of ether oxygens (including phenoxy) is 1. The highest BCUT2D eigenvalue weighted by molar-refractivity contribution is 6.13. The molecule has 0 atom stereocenters. The molecule has 4 heteroatoms. The minimum Gasteiger partial charge on any atom is -0.504 e. The lowest BCUT2D eigenvalue weighted by atomic mass is 10.3. The van der Waals surface area contributed by atoms with Gasteiger partial charge in [-0.3, -0.25) is 0 Å². The summed E-state index contributed by atoms with van der Waals surface area (Å²) in [5.74, 6) is 0.0935. The monoisotopic (exact) mass is 139 g/mol. The highest BCUT2D eigenvalue weighted by Crippen LogP contribution is 2.23. The summed E-state index contributed by atoms with van der Waals surface area (Å²) in [6.45, 7) is 0.235. The Morgan fingerprint density at radius 3 is 3.00 bits per heavy atom. The third kappa shape index (κ3) is 0.478. The zero-order valence-corrected chi connectivity index (χ0v) is 5.03. The summed E-state index contributed by atoms with van der Waals surface area (Å²) >= 11 is 0. The highest BCUT2D eigenvalue weighted by atomic mass is 16.5. The Kier molecular flexibility index (Phi) is 0.818. The molecule has 10 heavy (non-hydrogen) atoms. The number of fused-ring (bicyclic) bond motifs is 1. The van der Waals surface area contributed by atoms with Gasteiger partial charge in [0.05, 0.1) is 0 Å². The van der Waals surface area contributed by atoms with Gasteiger partial charge in [-0.25, -0.2) is 4.99 Å². The van der Waals surface area contributed by atoms with E-state index in [0.29, 0.717) is 11.5 Å². The van der Waals surface area contributed by atoms with Crippen LogP contribution in [0.25, 0.3) is 0 Å². The summed E-state index contributed by atoms with van der Waals surface area (Å²) in [5.41, 5.74) is 0.359. The molecule has 0 amide bonds. The van der Waals surface area contributed by atoms with Crippen LogP contribution in [0.2, 0.25) is 0 Å². The van der Waals surface area contributed by atoms with Crippen LogP contribution in [-0.2, 0) is 4.74 Å². The zero-order valence-electron chi connectivity index (χ0n) is 5.03. The Labute approximate surface area is 56.8 Å². The number of nitrogens with zero attached hydrogens (tertiary/aromatic N) is 1. The van der Waals surface area contributed by atoms with E-state index in [0.717, 1.165) is 0 Å². The van der Waals surface area contributed by atoms with Crippen molar-refractivity contribution in [2.45, 2.75) is 0 Å². The third-order valence-corrected chi connectivity index (χ3v) is 1.41. The first kappa shape index (κ1) is 5.34. The van der Waals surface area contributed by atoms with Crippen molar-refractivity contribution in [1.29, 1.82) is 0 Å². The molecule has 0 spiro atoms. The minimum atomic E-state index is -0.187. The van der Waals surface area contributed by atoms with E-state index >= 15 is 0 Å². The summed E-state index contributed by atoms with van der Waals surface area (Å²) < 4.78 is 4.91. The van der Waals surface area contributed by atoms with E-state index in [2.05, 4.69) is 4.99 Å². The van der Waals surface area contributed by atoms with Crippen LogP contribution in [0.15, 0.2) is 28.3 Å². The second kappa shape index (κ2) is 1.53. The summed E-state index contributed by atoms with van der Waals surface area (Å²) in [7, 11) is 0. The molecule has 2 aliphatic rings. The molecule has 2 rings (SSSR count). The molecule has 1 heterocycles. The van der Waals surface area contributed by atoms with E-state index < -0.39 is 0 Å². The number of aliphatic hydroxyl groups is 2. The van der Waals surface area contributed by atoms with Gasteiger partial charge in [0.25, 0.3) is 0 Å². The molecule has 1 aliphatic heterocycles. The number of hydrogen-bond donors (Lipinski definition) is 2. The average molecular weight is 139 g/mol. The Morgan fingerprint density at radius 1 is 1.50 bits per heavy atom. The van der Waals surface area contributed by atoms with Gasteiger partial charge in [0.15, 0.2) is 24.0 Å². The largest absolute Gasteiger partial charge is 0.504 e. The van der Waals surface area contributed by atoms with Crippen molar-refractivity contribution in [3.8, 4) is 0 Å². The summed E-state index contributed by atoms with van der Waals surface area (Å²) in [6, 6.07) is 0. The Bertz CT molecular complexity index is 271. The van der Waals surface area contributed by atoms with Crippen molar-refractivity contribution in [3.63, 3.8) is 0 Å². The van der Waals surface area contributed by atoms with Crippen LogP contribution in [0.4, 0.5) is 0 Å². The molecule has 0 unspecified atom stereocenters. The summed E-state index contributed by atoms with van der Waals surface area (Å²) in [5, 5.41) is 17.9. The van der Waals surface area contributed by atoms with Crippen molar-refractivity contribution in [2.75, 3.05) is 6.73 Å². The number of aliphatic imine (C=N–C) groups is 1. The molecule has 1 aliphatic carbocycles. The summed E-state index contributed by atoms with van der Waals surface area (Å²) in [4.78, 5) is 3.79. The van der Waals surface area contributed by atoms with Gasteiger partial charge in [-0.15, -0.1) is 0 Å². The Morgan fingerprint density at radius 2 is 2.30 bits per heavy atom. The maximum absolute atomic E-state index is 9.03. The van der Waals surface area contributed by atoms with Gasteiger partial charge >= 0.3 is 0 Å². The fraction of sp³-hybridized carbons (Fsp3) is 0.167.